The van der Waals surface area contributed by atoms with E-state index in [1.54, 1.807) is 7.11 Å². The van der Waals surface area contributed by atoms with E-state index in [-0.39, 0.29) is 5.91 Å². The van der Waals surface area contributed by atoms with Crippen molar-refractivity contribution in [2.45, 2.75) is 19.3 Å². The molecule has 0 aromatic carbocycles. The number of ether oxygens (including phenoxy) is 1. The third-order valence-electron chi connectivity index (χ3n) is 2.73. The normalized spacial score (nSPS) is 21.6. The average Bonchev–Trinajstić information content (AvgIpc) is 2.63. The lowest BCUT2D eigenvalue weighted by atomic mass is 10.1. The fourth-order valence-corrected chi connectivity index (χ4v) is 1.88. The van der Waals surface area contributed by atoms with Crippen molar-refractivity contribution >= 4 is 5.91 Å². The maximum Gasteiger partial charge on any atom is 0.224 e. The van der Waals surface area contributed by atoms with Crippen molar-refractivity contribution in [2.24, 2.45) is 11.7 Å². The van der Waals surface area contributed by atoms with Gasteiger partial charge in [-0.25, -0.2) is 0 Å². The van der Waals surface area contributed by atoms with E-state index in [0.29, 0.717) is 18.9 Å². The molecule has 1 rings (SSSR count). The van der Waals surface area contributed by atoms with Crippen LogP contribution in [0.4, 0.5) is 0 Å². The highest BCUT2D eigenvalue weighted by atomic mass is 16.5. The summed E-state index contributed by atoms with van der Waals surface area (Å²) in [6, 6.07) is 0. The van der Waals surface area contributed by atoms with Crippen LogP contribution < -0.4 is 5.73 Å². The predicted molar refractivity (Wildman–Crippen MR) is 54.9 cm³/mol. The summed E-state index contributed by atoms with van der Waals surface area (Å²) in [5.41, 5.74) is 5.49. The molecule has 82 valence electrons. The Kier molecular flexibility index (Phi) is 4.90. The third-order valence-corrected chi connectivity index (χ3v) is 2.73. The van der Waals surface area contributed by atoms with Crippen molar-refractivity contribution in [3.05, 3.63) is 0 Å². The summed E-state index contributed by atoms with van der Waals surface area (Å²) in [6.45, 7) is 3.04. The van der Waals surface area contributed by atoms with Crippen LogP contribution in [-0.4, -0.2) is 44.2 Å². The molecule has 1 aliphatic heterocycles. The number of rotatable bonds is 5. The van der Waals surface area contributed by atoms with Crippen LogP contribution in [0.15, 0.2) is 0 Å². The Hall–Kier alpha value is -0.610. The largest absolute Gasteiger partial charge is 0.384 e. The van der Waals surface area contributed by atoms with Crippen LogP contribution in [0.2, 0.25) is 0 Å². The number of hydrogen-bond acceptors (Lipinski definition) is 3. The minimum atomic E-state index is 0.214. The molecule has 0 aliphatic carbocycles. The fourth-order valence-electron chi connectivity index (χ4n) is 1.88. The number of likely N-dealkylation sites (tertiary alicyclic amines) is 1. The second kappa shape index (κ2) is 5.98. The summed E-state index contributed by atoms with van der Waals surface area (Å²) in [4.78, 5) is 13.5. The van der Waals surface area contributed by atoms with Crippen LogP contribution in [0.3, 0.4) is 0 Å². The van der Waals surface area contributed by atoms with Crippen LogP contribution in [0.1, 0.15) is 19.3 Å². The number of nitrogens with two attached hydrogens (primary N) is 1. The molecule has 1 aliphatic rings. The zero-order chi connectivity index (χ0) is 10.4. The second-order valence-electron chi connectivity index (χ2n) is 3.81. The van der Waals surface area contributed by atoms with Gasteiger partial charge in [-0.3, -0.25) is 4.79 Å². The van der Waals surface area contributed by atoms with E-state index < -0.39 is 0 Å². The van der Waals surface area contributed by atoms with Gasteiger partial charge in [-0.1, -0.05) is 0 Å². The number of carbonyl (C=O) groups excluding carboxylic acids is 1. The van der Waals surface area contributed by atoms with Crippen LogP contribution >= 0.6 is 0 Å². The molecule has 2 N–H and O–H groups in total. The summed E-state index contributed by atoms with van der Waals surface area (Å²) >= 11 is 0. The van der Waals surface area contributed by atoms with E-state index in [0.717, 1.165) is 32.5 Å². The van der Waals surface area contributed by atoms with Gasteiger partial charge in [0, 0.05) is 20.2 Å². The van der Waals surface area contributed by atoms with Crippen LogP contribution in [0.25, 0.3) is 0 Å². The summed E-state index contributed by atoms with van der Waals surface area (Å²) in [7, 11) is 1.62. The summed E-state index contributed by atoms with van der Waals surface area (Å²) in [6.07, 6.45) is 2.65. The van der Waals surface area contributed by atoms with Gasteiger partial charge in [0.15, 0.2) is 0 Å². The molecule has 4 nitrogen and oxygen atoms in total. The van der Waals surface area contributed by atoms with Gasteiger partial charge in [0.25, 0.3) is 0 Å². The van der Waals surface area contributed by atoms with Crippen molar-refractivity contribution < 1.29 is 9.53 Å². The molecule has 1 unspecified atom stereocenters. The lowest BCUT2D eigenvalue weighted by molar-refractivity contribution is -0.131. The first kappa shape index (κ1) is 11.5. The molecule has 1 atom stereocenters. The van der Waals surface area contributed by atoms with Crippen LogP contribution in [0, 0.1) is 5.92 Å². The molecule has 14 heavy (non-hydrogen) atoms. The quantitative estimate of drug-likeness (QED) is 0.690. The van der Waals surface area contributed by atoms with E-state index in [9.17, 15) is 4.79 Å². The number of carbonyl (C=O) groups is 1. The van der Waals surface area contributed by atoms with Crippen molar-refractivity contribution in [3.63, 3.8) is 0 Å². The zero-order valence-corrected chi connectivity index (χ0v) is 8.87. The van der Waals surface area contributed by atoms with E-state index in [1.807, 2.05) is 4.90 Å². The van der Waals surface area contributed by atoms with Gasteiger partial charge >= 0.3 is 0 Å². The zero-order valence-electron chi connectivity index (χ0n) is 8.87. The number of nitrogens with zero attached hydrogens (tertiary/aromatic N) is 1. The number of hydrogen-bond donors (Lipinski definition) is 1. The summed E-state index contributed by atoms with van der Waals surface area (Å²) in [5.74, 6) is 0.831. The predicted octanol–water partition coefficient (Wildman–Crippen LogP) is 0.220. The maximum atomic E-state index is 11.6. The van der Waals surface area contributed by atoms with Gasteiger partial charge in [-0.2, -0.15) is 0 Å². The Morgan fingerprint density at radius 3 is 3.07 bits per heavy atom. The van der Waals surface area contributed by atoms with Crippen molar-refractivity contribution in [1.29, 1.82) is 0 Å². The maximum absolute atomic E-state index is 11.6. The third kappa shape index (κ3) is 3.27. The van der Waals surface area contributed by atoms with Gasteiger partial charge in [0.2, 0.25) is 5.91 Å². The monoisotopic (exact) mass is 200 g/mol. The highest BCUT2D eigenvalue weighted by molar-refractivity contribution is 5.76. The summed E-state index contributed by atoms with van der Waals surface area (Å²) < 4.78 is 4.88. The molecular formula is C10H20N2O2. The molecule has 1 amide bonds. The van der Waals surface area contributed by atoms with Gasteiger partial charge in [-0.15, -0.1) is 0 Å². The Balaban J connectivity index is 2.23. The molecule has 0 aromatic heterocycles. The van der Waals surface area contributed by atoms with Gasteiger partial charge in [0.1, 0.15) is 0 Å². The molecule has 4 heteroatoms. The van der Waals surface area contributed by atoms with Gasteiger partial charge in [-0.05, 0) is 25.3 Å². The first-order valence-corrected chi connectivity index (χ1v) is 5.24. The Morgan fingerprint density at radius 1 is 1.64 bits per heavy atom. The highest BCUT2D eigenvalue weighted by Crippen LogP contribution is 2.19. The minimum Gasteiger partial charge on any atom is -0.384 e. The van der Waals surface area contributed by atoms with Gasteiger partial charge < -0.3 is 15.4 Å². The molecule has 0 radical (unpaired) electrons. The van der Waals surface area contributed by atoms with E-state index in [2.05, 4.69) is 0 Å². The smallest absolute Gasteiger partial charge is 0.224 e. The second-order valence-corrected chi connectivity index (χ2v) is 3.81. The first-order valence-electron chi connectivity index (χ1n) is 5.24. The lowest BCUT2D eigenvalue weighted by Crippen LogP contribution is -2.29. The van der Waals surface area contributed by atoms with Gasteiger partial charge in [0.05, 0.1) is 13.0 Å². The Labute approximate surface area is 85.4 Å². The van der Waals surface area contributed by atoms with Crippen LogP contribution in [-0.2, 0) is 9.53 Å². The highest BCUT2D eigenvalue weighted by Gasteiger charge is 2.24. The van der Waals surface area contributed by atoms with E-state index >= 15 is 0 Å². The lowest BCUT2D eigenvalue weighted by Gasteiger charge is -2.16. The van der Waals surface area contributed by atoms with E-state index in [4.69, 9.17) is 10.5 Å². The van der Waals surface area contributed by atoms with Crippen molar-refractivity contribution in [3.8, 4) is 0 Å². The fraction of sp³-hybridized carbons (Fsp3) is 0.900. The molecule has 0 aromatic rings. The SMILES string of the molecule is COCCC(=O)N1CCC(CCN)C1. The summed E-state index contributed by atoms with van der Waals surface area (Å²) in [5, 5.41) is 0. The average molecular weight is 200 g/mol. The molecule has 1 heterocycles. The van der Waals surface area contributed by atoms with E-state index in [1.165, 1.54) is 0 Å². The first-order chi connectivity index (χ1) is 6.77. The molecule has 0 saturated carbocycles. The molecule has 0 bridgehead atoms. The van der Waals surface area contributed by atoms with Crippen LogP contribution in [0.5, 0.6) is 0 Å². The Bertz CT molecular complexity index is 185. The van der Waals surface area contributed by atoms with Crippen molar-refractivity contribution in [2.75, 3.05) is 33.4 Å². The standard InChI is InChI=1S/C10H20N2O2/c1-14-7-4-10(13)12-6-3-9(8-12)2-5-11/h9H,2-8,11H2,1H3. The molecule has 0 spiro atoms. The molecule has 1 saturated heterocycles. The number of amides is 1. The minimum absolute atomic E-state index is 0.214. The number of methoxy groups -OCH3 is 1. The Morgan fingerprint density at radius 2 is 2.43 bits per heavy atom. The van der Waals surface area contributed by atoms with Crippen molar-refractivity contribution in [1.82, 2.24) is 4.90 Å². The topological polar surface area (TPSA) is 55.6 Å². The molecular weight excluding hydrogens is 180 g/mol. The molecule has 1 fully saturated rings.